The first-order valence-corrected chi connectivity index (χ1v) is 14.4. The van der Waals surface area contributed by atoms with Crippen LogP contribution in [-0.4, -0.2) is 119 Å². The first-order valence-electron chi connectivity index (χ1n) is 14.4. The fourth-order valence-electron chi connectivity index (χ4n) is 4.77. The van der Waals surface area contributed by atoms with Gasteiger partial charge in [-0.15, -0.1) is 0 Å². The van der Waals surface area contributed by atoms with E-state index in [4.69, 9.17) is 26.3 Å². The Hall–Kier alpha value is -1.58. The van der Waals surface area contributed by atoms with Crippen LogP contribution in [0.1, 0.15) is 99.7 Å². The van der Waals surface area contributed by atoms with Crippen LogP contribution in [0.4, 0.5) is 0 Å². The second-order valence-electron chi connectivity index (χ2n) is 11.2. The monoisotopic (exact) mass is 798 g/mol. The lowest BCUT2D eigenvalue weighted by Gasteiger charge is -2.27. The number of rotatable bonds is 4. The lowest BCUT2D eigenvalue weighted by atomic mass is 9.99. The van der Waals surface area contributed by atoms with E-state index in [2.05, 4.69) is 47.0 Å². The fraction of sp³-hybridized carbons (Fsp3) is 0.806. The maximum atomic E-state index is 11.4. The van der Waals surface area contributed by atoms with Crippen molar-refractivity contribution in [1.29, 1.82) is 0 Å². The molecule has 3 saturated heterocycles. The van der Waals surface area contributed by atoms with Crippen molar-refractivity contribution in [3.8, 4) is 0 Å². The Labute approximate surface area is 317 Å². The molecule has 1 aromatic rings. The molecule has 4 heterocycles. The van der Waals surface area contributed by atoms with Crippen molar-refractivity contribution in [3.63, 3.8) is 0 Å². The number of carbonyl (C=O) groups excluding carboxylic acids is 1. The number of nitrogens with zero attached hydrogens (tertiary/aromatic N) is 7. The van der Waals surface area contributed by atoms with Gasteiger partial charge in [0.05, 0.1) is 17.8 Å². The number of hydrogen-bond acceptors (Lipinski definition) is 12. The van der Waals surface area contributed by atoms with Gasteiger partial charge in [0, 0.05) is 19.6 Å². The summed E-state index contributed by atoms with van der Waals surface area (Å²) in [5.41, 5.74) is 10.1. The summed E-state index contributed by atoms with van der Waals surface area (Å²) < 4.78 is 5.16. The molecule has 3 aliphatic heterocycles. The van der Waals surface area contributed by atoms with Gasteiger partial charge in [0.2, 0.25) is 5.89 Å². The van der Waals surface area contributed by atoms with E-state index in [0.717, 1.165) is 70.1 Å². The Bertz CT molecular complexity index is 1020. The fourth-order valence-corrected chi connectivity index (χ4v) is 4.77. The molecule has 7 unspecified atom stereocenters. The average Bonchev–Trinajstić information content (AvgIpc) is 3.39. The van der Waals surface area contributed by atoms with Gasteiger partial charge in [-0.25, -0.2) is 4.79 Å². The molecular weight excluding hydrogens is 718 g/mol. The number of piperidine rings is 3. The minimum absolute atomic E-state index is 0. The van der Waals surface area contributed by atoms with Crippen molar-refractivity contribution >= 4 is 63.2 Å². The zero-order chi connectivity index (χ0) is 31.7. The van der Waals surface area contributed by atoms with Crippen LogP contribution in [0.25, 0.3) is 0 Å². The van der Waals surface area contributed by atoms with Crippen LogP contribution < -0.4 is 11.5 Å². The number of likely N-dealkylation sites (N-methyl/N-ethyl adjacent to an activating group) is 1. The molecule has 50 heavy (non-hydrogen) atoms. The topological polar surface area (TPSA) is 209 Å². The molecule has 19 heteroatoms. The van der Waals surface area contributed by atoms with Crippen molar-refractivity contribution in [2.45, 2.75) is 94.9 Å². The highest BCUT2D eigenvalue weighted by Crippen LogP contribution is 2.24. The number of oxime groups is 2. The number of aromatic nitrogens is 2. The number of likely N-dealkylation sites (tertiary alicyclic amines) is 3. The van der Waals surface area contributed by atoms with Gasteiger partial charge >= 0.3 is 11.9 Å². The van der Waals surface area contributed by atoms with Crippen LogP contribution in [0.2, 0.25) is 0 Å². The van der Waals surface area contributed by atoms with Crippen molar-refractivity contribution < 1.29 is 29.3 Å². The predicted octanol–water partition coefficient (Wildman–Crippen LogP) is 4.29. The molecule has 7 atom stereocenters. The first kappa shape index (κ1) is 66.6. The zero-order valence-electron chi connectivity index (χ0n) is 28.9. The third-order valence-corrected chi connectivity index (χ3v) is 6.89. The number of amidine groups is 2. The van der Waals surface area contributed by atoms with Crippen molar-refractivity contribution in [1.82, 2.24) is 24.8 Å². The largest absolute Gasteiger partial charge is 0.481 e. The smallest absolute Gasteiger partial charge is 0.339 e. The molecule has 3 aliphatic rings. The molecule has 0 spiro atoms. The van der Waals surface area contributed by atoms with Crippen molar-refractivity contribution in [2.75, 3.05) is 60.4 Å². The Balaban J connectivity index is -0.0000000774. The standard InChI is InChI=1S/C9H17N3O2.C9H15N3O.C7H13NO2.C2H6N2O.4CH4.4H3P/c1-7(10)11-14-9(13)8-4-3-5-12(2)6-8;1-7-10-9(13-11-7)8-4-3-5-12(2)6-8;1-8-4-2-3-6(5-8)7(9)10;1-2(3)4-5;;;;;;;;/h8H,3-6H2,1-2H3,(H2,10,11);8H,3-6H2,1-2H3;6H,2-5H2,1H3,(H,9,10);5H,1H3,(H2,3,4);4*1H4;4*1H3. The van der Waals surface area contributed by atoms with Crippen molar-refractivity contribution in [3.05, 3.63) is 11.7 Å². The quantitative estimate of drug-likeness (QED) is 0.0838. The molecule has 0 aromatic carbocycles. The second kappa shape index (κ2) is 37.2. The summed E-state index contributed by atoms with van der Waals surface area (Å²) in [5, 5.41) is 26.1. The molecule has 4 rings (SSSR count). The summed E-state index contributed by atoms with van der Waals surface area (Å²) in [6, 6.07) is 0. The van der Waals surface area contributed by atoms with E-state index in [1.165, 1.54) is 26.3 Å². The van der Waals surface area contributed by atoms with Gasteiger partial charge < -0.3 is 45.8 Å². The zero-order valence-corrected chi connectivity index (χ0v) is 34.5. The number of carboxylic acid groups (broad SMARTS) is 1. The predicted molar refractivity (Wildman–Crippen MR) is 230 cm³/mol. The van der Waals surface area contributed by atoms with Gasteiger partial charge in [-0.2, -0.15) is 44.6 Å². The molecule has 1 aromatic heterocycles. The molecule has 0 radical (unpaired) electrons. The summed E-state index contributed by atoms with van der Waals surface area (Å²) in [6.45, 7) is 10.7. The van der Waals surface area contributed by atoms with E-state index in [-0.39, 0.29) is 98.8 Å². The normalized spacial score (nSPS) is 20.2. The van der Waals surface area contributed by atoms with E-state index in [1.54, 1.807) is 6.92 Å². The minimum atomic E-state index is -0.647. The van der Waals surface area contributed by atoms with Gasteiger partial charge in [-0.05, 0) is 100 Å². The number of hydrogen-bond donors (Lipinski definition) is 4. The second-order valence-corrected chi connectivity index (χ2v) is 11.2. The lowest BCUT2D eigenvalue weighted by molar-refractivity contribution is -0.150. The third-order valence-electron chi connectivity index (χ3n) is 6.89. The number of aryl methyl sites for hydroxylation is 1. The molecule has 0 amide bonds. The molecule has 6 N–H and O–H groups in total. The molecule has 15 nitrogen and oxygen atoms in total. The van der Waals surface area contributed by atoms with Crippen LogP contribution in [-0.2, 0) is 14.4 Å². The van der Waals surface area contributed by atoms with E-state index in [9.17, 15) is 9.59 Å². The highest BCUT2D eigenvalue weighted by atomic mass is 31.0. The van der Waals surface area contributed by atoms with E-state index >= 15 is 0 Å². The number of nitrogens with two attached hydrogens (primary N) is 2. The van der Waals surface area contributed by atoms with Gasteiger partial charge in [0.25, 0.3) is 0 Å². The van der Waals surface area contributed by atoms with Crippen LogP contribution in [0.5, 0.6) is 0 Å². The van der Waals surface area contributed by atoms with Crippen LogP contribution in [0.15, 0.2) is 14.8 Å². The Morgan fingerprint density at radius 3 is 1.56 bits per heavy atom. The highest BCUT2D eigenvalue weighted by molar-refractivity contribution is 6.92. The average molecular weight is 798 g/mol. The Morgan fingerprint density at radius 1 is 0.800 bits per heavy atom. The molecule has 304 valence electrons. The molecule has 3 fully saturated rings. The molecular formula is C31H79N9O6P4. The summed E-state index contributed by atoms with van der Waals surface area (Å²) in [4.78, 5) is 37.4. The highest BCUT2D eigenvalue weighted by Gasteiger charge is 2.26. The summed E-state index contributed by atoms with van der Waals surface area (Å²) in [7, 11) is 6.10. The summed E-state index contributed by atoms with van der Waals surface area (Å²) in [5.74, 6) is 1.34. The number of carboxylic acids is 1. The summed E-state index contributed by atoms with van der Waals surface area (Å²) in [6.07, 6.45) is 6.17. The molecule has 0 saturated carbocycles. The molecule has 0 aliphatic carbocycles. The lowest BCUT2D eigenvalue weighted by Crippen LogP contribution is -2.36. The number of carbonyl (C=O) groups is 2. The van der Waals surface area contributed by atoms with Crippen molar-refractivity contribution in [2.24, 2.45) is 33.6 Å². The van der Waals surface area contributed by atoms with Crippen LogP contribution >= 0.6 is 39.6 Å². The van der Waals surface area contributed by atoms with Crippen LogP contribution in [0, 0.1) is 18.8 Å². The van der Waals surface area contributed by atoms with Gasteiger partial charge in [-0.3, -0.25) is 4.79 Å². The molecule has 0 bridgehead atoms. The minimum Gasteiger partial charge on any atom is -0.481 e. The van der Waals surface area contributed by atoms with E-state index < -0.39 is 5.97 Å². The van der Waals surface area contributed by atoms with Gasteiger partial charge in [0.15, 0.2) is 5.82 Å². The Kier molecular flexibility index (Phi) is 49.6. The maximum absolute atomic E-state index is 11.4. The van der Waals surface area contributed by atoms with E-state index in [1.807, 2.05) is 21.0 Å². The summed E-state index contributed by atoms with van der Waals surface area (Å²) >= 11 is 0. The van der Waals surface area contributed by atoms with Crippen LogP contribution in [0.3, 0.4) is 0 Å². The van der Waals surface area contributed by atoms with Gasteiger partial charge in [-0.1, -0.05) is 45.2 Å². The maximum Gasteiger partial charge on any atom is 0.339 e. The SMILES string of the molecule is C.C.C.C.C/C(N)=N\OC(=O)C1CCCN(C)C1.CC(N)=NO.CN1CCCC(C(=O)O)C1.Cc1noc(C2CCCN(C)C2)n1.P.P.P.P. The Morgan fingerprint density at radius 2 is 1.22 bits per heavy atom. The third kappa shape index (κ3) is 30.1. The van der Waals surface area contributed by atoms with E-state index in [0.29, 0.717) is 5.92 Å². The first-order chi connectivity index (χ1) is 19.8. The number of aliphatic carboxylic acids is 1. The van der Waals surface area contributed by atoms with Gasteiger partial charge in [0.1, 0.15) is 11.7 Å².